The SMILES string of the molecule is COc1cc([N+](=O)[O-])ccc1NC(=O)COC(=O)CCOc1ccc(C(C)=O)cc1. The van der Waals surface area contributed by atoms with Crippen molar-refractivity contribution < 1.29 is 33.5 Å². The molecule has 158 valence electrons. The summed E-state index contributed by atoms with van der Waals surface area (Å²) in [6.07, 6.45) is -0.0808. The number of rotatable bonds is 10. The summed E-state index contributed by atoms with van der Waals surface area (Å²) in [4.78, 5) is 45.1. The van der Waals surface area contributed by atoms with Crippen LogP contribution in [0.5, 0.6) is 11.5 Å². The summed E-state index contributed by atoms with van der Waals surface area (Å²) in [6.45, 7) is 0.960. The molecule has 10 heteroatoms. The number of methoxy groups -OCH3 is 1. The molecule has 2 aromatic rings. The summed E-state index contributed by atoms with van der Waals surface area (Å²) in [5.41, 5.74) is 0.575. The molecular formula is C20H20N2O8. The van der Waals surface area contributed by atoms with E-state index in [1.807, 2.05) is 0 Å². The topological polar surface area (TPSA) is 134 Å². The number of ether oxygens (including phenoxy) is 3. The summed E-state index contributed by atoms with van der Waals surface area (Å²) in [5, 5.41) is 13.2. The normalized spacial score (nSPS) is 10.1. The molecule has 2 aromatic carbocycles. The van der Waals surface area contributed by atoms with Crippen molar-refractivity contribution in [1.29, 1.82) is 0 Å². The van der Waals surface area contributed by atoms with Crippen LogP contribution in [0.1, 0.15) is 23.7 Å². The lowest BCUT2D eigenvalue weighted by Crippen LogP contribution is -2.22. The second-order valence-corrected chi connectivity index (χ2v) is 6.03. The van der Waals surface area contributed by atoms with E-state index >= 15 is 0 Å². The van der Waals surface area contributed by atoms with Crippen molar-refractivity contribution >= 4 is 29.0 Å². The van der Waals surface area contributed by atoms with Gasteiger partial charge in [0.2, 0.25) is 0 Å². The minimum absolute atomic E-state index is 0.0377. The molecular weight excluding hydrogens is 396 g/mol. The molecule has 0 aliphatic heterocycles. The Kier molecular flexibility index (Phi) is 7.86. The number of non-ortho nitro benzene ring substituents is 1. The largest absolute Gasteiger partial charge is 0.494 e. The van der Waals surface area contributed by atoms with Crippen LogP contribution in [-0.4, -0.2) is 42.9 Å². The summed E-state index contributed by atoms with van der Waals surface area (Å²) in [5.74, 6) is -0.726. The van der Waals surface area contributed by atoms with Crippen molar-refractivity contribution in [2.45, 2.75) is 13.3 Å². The van der Waals surface area contributed by atoms with Gasteiger partial charge in [-0.05, 0) is 37.3 Å². The number of hydrogen-bond acceptors (Lipinski definition) is 8. The van der Waals surface area contributed by atoms with Crippen LogP contribution in [0, 0.1) is 10.1 Å². The summed E-state index contributed by atoms with van der Waals surface area (Å²) >= 11 is 0. The minimum Gasteiger partial charge on any atom is -0.494 e. The van der Waals surface area contributed by atoms with E-state index in [-0.39, 0.29) is 35.9 Å². The number of nitrogens with one attached hydrogen (secondary N) is 1. The number of hydrogen-bond donors (Lipinski definition) is 1. The zero-order chi connectivity index (χ0) is 22.1. The van der Waals surface area contributed by atoms with E-state index in [1.54, 1.807) is 24.3 Å². The van der Waals surface area contributed by atoms with Gasteiger partial charge in [0.1, 0.15) is 11.5 Å². The van der Waals surface area contributed by atoms with Crippen LogP contribution in [0.2, 0.25) is 0 Å². The standard InChI is InChI=1S/C20H20N2O8/c1-13(23)14-3-6-16(7-4-14)29-10-9-20(25)30-12-19(24)21-17-8-5-15(22(26)27)11-18(17)28-2/h3-8,11H,9-10,12H2,1-2H3,(H,21,24). The number of carbonyl (C=O) groups is 3. The molecule has 0 spiro atoms. The van der Waals surface area contributed by atoms with Gasteiger partial charge >= 0.3 is 5.97 Å². The van der Waals surface area contributed by atoms with E-state index in [2.05, 4.69) is 5.32 Å². The Morgan fingerprint density at radius 3 is 2.40 bits per heavy atom. The average molecular weight is 416 g/mol. The van der Waals surface area contributed by atoms with E-state index in [0.29, 0.717) is 11.3 Å². The highest BCUT2D eigenvalue weighted by Gasteiger charge is 2.14. The molecule has 0 radical (unpaired) electrons. The Morgan fingerprint density at radius 2 is 1.80 bits per heavy atom. The lowest BCUT2D eigenvalue weighted by atomic mass is 10.1. The highest BCUT2D eigenvalue weighted by atomic mass is 16.6. The van der Waals surface area contributed by atoms with Crippen molar-refractivity contribution in [2.75, 3.05) is 25.6 Å². The molecule has 0 unspecified atom stereocenters. The van der Waals surface area contributed by atoms with Crippen LogP contribution in [0.4, 0.5) is 11.4 Å². The van der Waals surface area contributed by atoms with Crippen LogP contribution in [0.25, 0.3) is 0 Å². The summed E-state index contributed by atoms with van der Waals surface area (Å²) in [6, 6.07) is 10.2. The molecule has 30 heavy (non-hydrogen) atoms. The highest BCUT2D eigenvalue weighted by Crippen LogP contribution is 2.28. The molecule has 0 aromatic heterocycles. The highest BCUT2D eigenvalue weighted by molar-refractivity contribution is 5.94. The molecule has 0 saturated heterocycles. The fourth-order valence-electron chi connectivity index (χ4n) is 2.34. The molecule has 0 aliphatic carbocycles. The van der Waals surface area contributed by atoms with Gasteiger partial charge in [-0.1, -0.05) is 0 Å². The predicted molar refractivity (Wildman–Crippen MR) is 106 cm³/mol. The van der Waals surface area contributed by atoms with Crippen molar-refractivity contribution in [3.05, 3.63) is 58.1 Å². The molecule has 0 saturated carbocycles. The van der Waals surface area contributed by atoms with Gasteiger partial charge in [0.15, 0.2) is 12.4 Å². The Morgan fingerprint density at radius 1 is 1.10 bits per heavy atom. The Labute approximate surface area is 171 Å². The zero-order valence-corrected chi connectivity index (χ0v) is 16.4. The Balaban J connectivity index is 1.76. The minimum atomic E-state index is -0.638. The molecule has 1 amide bonds. The Hall–Kier alpha value is -3.95. The van der Waals surface area contributed by atoms with E-state index in [9.17, 15) is 24.5 Å². The maximum absolute atomic E-state index is 11.9. The number of benzene rings is 2. The third-order valence-electron chi connectivity index (χ3n) is 3.87. The molecule has 2 rings (SSSR count). The van der Waals surface area contributed by atoms with E-state index < -0.39 is 23.4 Å². The van der Waals surface area contributed by atoms with Crippen molar-refractivity contribution in [3.63, 3.8) is 0 Å². The Bertz CT molecular complexity index is 940. The number of nitrogens with zero attached hydrogens (tertiary/aromatic N) is 1. The average Bonchev–Trinajstić information content (AvgIpc) is 2.72. The smallest absolute Gasteiger partial charge is 0.309 e. The van der Waals surface area contributed by atoms with Gasteiger partial charge in [0, 0.05) is 11.6 Å². The molecule has 10 nitrogen and oxygen atoms in total. The van der Waals surface area contributed by atoms with Crippen LogP contribution in [0.3, 0.4) is 0 Å². The molecule has 0 atom stereocenters. The number of amides is 1. The van der Waals surface area contributed by atoms with Gasteiger partial charge in [0.05, 0.1) is 36.8 Å². The van der Waals surface area contributed by atoms with Crippen LogP contribution in [-0.2, 0) is 14.3 Å². The first kappa shape index (κ1) is 22.3. The van der Waals surface area contributed by atoms with Crippen molar-refractivity contribution in [1.82, 2.24) is 0 Å². The van der Waals surface area contributed by atoms with Crippen LogP contribution in [0.15, 0.2) is 42.5 Å². The number of nitro benzene ring substituents is 1. The number of anilines is 1. The van der Waals surface area contributed by atoms with Crippen LogP contribution < -0.4 is 14.8 Å². The number of nitro groups is 1. The molecule has 0 fully saturated rings. The molecule has 0 bridgehead atoms. The maximum atomic E-state index is 11.9. The van der Waals surface area contributed by atoms with Crippen molar-refractivity contribution in [2.24, 2.45) is 0 Å². The first-order valence-electron chi connectivity index (χ1n) is 8.82. The third-order valence-corrected chi connectivity index (χ3v) is 3.87. The third kappa shape index (κ3) is 6.59. The number of Topliss-reactive ketones (excluding diaryl/α,β-unsaturated/α-hetero) is 1. The monoisotopic (exact) mass is 416 g/mol. The molecule has 0 heterocycles. The van der Waals surface area contributed by atoms with Gasteiger partial charge in [-0.3, -0.25) is 24.5 Å². The lowest BCUT2D eigenvalue weighted by molar-refractivity contribution is -0.384. The van der Waals surface area contributed by atoms with Gasteiger partial charge in [-0.2, -0.15) is 0 Å². The summed E-state index contributed by atoms with van der Waals surface area (Å²) < 4.78 is 15.3. The zero-order valence-electron chi connectivity index (χ0n) is 16.4. The van der Waals surface area contributed by atoms with Crippen molar-refractivity contribution in [3.8, 4) is 11.5 Å². The van der Waals surface area contributed by atoms with E-state index in [4.69, 9.17) is 14.2 Å². The second-order valence-electron chi connectivity index (χ2n) is 6.03. The number of esters is 1. The quantitative estimate of drug-likeness (QED) is 0.270. The summed E-state index contributed by atoms with van der Waals surface area (Å²) in [7, 11) is 1.31. The van der Waals surface area contributed by atoms with Crippen LogP contribution >= 0.6 is 0 Å². The maximum Gasteiger partial charge on any atom is 0.309 e. The van der Waals surface area contributed by atoms with Gasteiger partial charge < -0.3 is 19.5 Å². The molecule has 1 N–H and O–H groups in total. The second kappa shape index (κ2) is 10.6. The fraction of sp³-hybridized carbons (Fsp3) is 0.250. The fourth-order valence-corrected chi connectivity index (χ4v) is 2.34. The van der Waals surface area contributed by atoms with Gasteiger partial charge in [0.25, 0.3) is 11.6 Å². The van der Waals surface area contributed by atoms with E-state index in [0.717, 1.165) is 0 Å². The predicted octanol–water partition coefficient (Wildman–Crippen LogP) is 2.76. The van der Waals surface area contributed by atoms with Gasteiger partial charge in [-0.25, -0.2) is 0 Å². The number of ketones is 1. The molecule has 0 aliphatic rings. The number of carbonyl (C=O) groups excluding carboxylic acids is 3. The first-order valence-corrected chi connectivity index (χ1v) is 8.82. The first-order chi connectivity index (χ1) is 14.3. The lowest BCUT2D eigenvalue weighted by Gasteiger charge is -2.10. The van der Waals surface area contributed by atoms with E-state index in [1.165, 1.54) is 32.2 Å². The van der Waals surface area contributed by atoms with Gasteiger partial charge in [-0.15, -0.1) is 0 Å².